The predicted molar refractivity (Wildman–Crippen MR) is 99.5 cm³/mol. The van der Waals surface area contributed by atoms with Gasteiger partial charge in [0.25, 0.3) is 5.91 Å². The first-order valence-corrected chi connectivity index (χ1v) is 8.30. The van der Waals surface area contributed by atoms with Crippen LogP contribution in [0, 0.1) is 0 Å². The third-order valence-electron chi connectivity index (χ3n) is 3.61. The molecule has 2 aromatic carbocycles. The van der Waals surface area contributed by atoms with Crippen molar-refractivity contribution in [1.82, 2.24) is 5.43 Å². The van der Waals surface area contributed by atoms with Crippen LogP contribution in [0.3, 0.4) is 0 Å². The number of halogens is 2. The molecule has 0 saturated heterocycles. The zero-order valence-corrected chi connectivity index (χ0v) is 15.0. The Bertz CT molecular complexity index is 763. The number of hydrogen-bond acceptors (Lipinski definition) is 5. The fourth-order valence-electron chi connectivity index (χ4n) is 2.24. The van der Waals surface area contributed by atoms with E-state index in [0.717, 1.165) is 11.4 Å². The molecular formula is C19H21F2N3O3. The Morgan fingerprint density at radius 1 is 1.07 bits per heavy atom. The van der Waals surface area contributed by atoms with Gasteiger partial charge >= 0.3 is 6.61 Å². The number of carbonyl (C=O) groups excluding carboxylic acids is 1. The number of methoxy groups -OCH3 is 1. The average molecular weight is 377 g/mol. The third kappa shape index (κ3) is 6.58. The van der Waals surface area contributed by atoms with Gasteiger partial charge < -0.3 is 14.8 Å². The zero-order valence-electron chi connectivity index (χ0n) is 15.0. The van der Waals surface area contributed by atoms with Gasteiger partial charge in [0.1, 0.15) is 11.5 Å². The van der Waals surface area contributed by atoms with Gasteiger partial charge in [0.15, 0.2) is 0 Å². The lowest BCUT2D eigenvalue weighted by molar-refractivity contribution is -0.119. The first-order valence-electron chi connectivity index (χ1n) is 8.30. The summed E-state index contributed by atoms with van der Waals surface area (Å²) in [7, 11) is 1.58. The Morgan fingerprint density at radius 2 is 1.70 bits per heavy atom. The minimum atomic E-state index is -2.87. The van der Waals surface area contributed by atoms with Crippen molar-refractivity contribution in [3.8, 4) is 11.5 Å². The Kier molecular flexibility index (Phi) is 7.54. The first kappa shape index (κ1) is 20.2. The van der Waals surface area contributed by atoms with E-state index in [0.29, 0.717) is 17.7 Å². The summed E-state index contributed by atoms with van der Waals surface area (Å²) in [6, 6.07) is 13.3. The van der Waals surface area contributed by atoms with Gasteiger partial charge in [-0.2, -0.15) is 13.9 Å². The van der Waals surface area contributed by atoms with Gasteiger partial charge in [0, 0.05) is 5.69 Å². The van der Waals surface area contributed by atoms with Gasteiger partial charge in [-0.15, -0.1) is 0 Å². The Balaban J connectivity index is 1.90. The smallest absolute Gasteiger partial charge is 0.387 e. The van der Waals surface area contributed by atoms with Crippen molar-refractivity contribution in [3.05, 3.63) is 54.1 Å². The second kappa shape index (κ2) is 10.1. The van der Waals surface area contributed by atoms with E-state index in [1.807, 2.05) is 6.92 Å². The summed E-state index contributed by atoms with van der Waals surface area (Å²) in [4.78, 5) is 12.0. The standard InChI is InChI=1S/C19H21F2N3O3/c1-3-17(13-4-8-16(9-5-13)27-19(20)21)23-24-18(25)12-22-14-6-10-15(26-2)11-7-14/h4-11,19,22H,3,12H2,1-2H3,(H,24,25)/b23-17-. The van der Waals surface area contributed by atoms with E-state index in [9.17, 15) is 13.6 Å². The molecule has 0 unspecified atom stereocenters. The number of rotatable bonds is 9. The molecule has 2 N–H and O–H groups in total. The van der Waals surface area contributed by atoms with E-state index in [4.69, 9.17) is 4.74 Å². The van der Waals surface area contributed by atoms with Crippen LogP contribution < -0.4 is 20.2 Å². The van der Waals surface area contributed by atoms with E-state index in [1.165, 1.54) is 12.1 Å². The summed E-state index contributed by atoms with van der Waals surface area (Å²) in [5, 5.41) is 7.09. The maximum atomic E-state index is 12.2. The molecule has 2 aromatic rings. The molecule has 0 spiro atoms. The number of nitrogens with one attached hydrogen (secondary N) is 2. The molecule has 0 bridgehead atoms. The Labute approximate surface area is 156 Å². The lowest BCUT2D eigenvalue weighted by Gasteiger charge is -2.09. The molecule has 1 amide bonds. The molecule has 8 heteroatoms. The van der Waals surface area contributed by atoms with Crippen LogP contribution in [0.2, 0.25) is 0 Å². The fraction of sp³-hybridized carbons (Fsp3) is 0.263. The van der Waals surface area contributed by atoms with E-state index in [2.05, 4.69) is 20.6 Å². The van der Waals surface area contributed by atoms with Crippen LogP contribution in [0.15, 0.2) is 53.6 Å². The molecule has 0 saturated carbocycles. The third-order valence-corrected chi connectivity index (χ3v) is 3.61. The van der Waals surface area contributed by atoms with Crippen molar-refractivity contribution >= 4 is 17.3 Å². The van der Waals surface area contributed by atoms with Crippen LogP contribution in [0.1, 0.15) is 18.9 Å². The first-order chi connectivity index (χ1) is 13.0. The lowest BCUT2D eigenvalue weighted by atomic mass is 10.1. The van der Waals surface area contributed by atoms with Gasteiger partial charge in [-0.3, -0.25) is 4.79 Å². The van der Waals surface area contributed by atoms with Crippen molar-refractivity contribution in [3.63, 3.8) is 0 Å². The van der Waals surface area contributed by atoms with Crippen LogP contribution in [0.4, 0.5) is 14.5 Å². The van der Waals surface area contributed by atoms with Crippen molar-refractivity contribution in [2.24, 2.45) is 5.10 Å². The van der Waals surface area contributed by atoms with Crippen LogP contribution in [0.5, 0.6) is 11.5 Å². The van der Waals surface area contributed by atoms with Gasteiger partial charge in [0.05, 0.1) is 19.4 Å². The fourth-order valence-corrected chi connectivity index (χ4v) is 2.24. The Hall–Kier alpha value is -3.16. The molecule has 0 aliphatic carbocycles. The molecule has 0 aromatic heterocycles. The summed E-state index contributed by atoms with van der Waals surface area (Å²) in [5.74, 6) is 0.485. The Morgan fingerprint density at radius 3 is 2.26 bits per heavy atom. The second-order valence-electron chi connectivity index (χ2n) is 5.43. The monoisotopic (exact) mass is 377 g/mol. The number of carbonyl (C=O) groups is 1. The highest BCUT2D eigenvalue weighted by Crippen LogP contribution is 2.16. The van der Waals surface area contributed by atoms with E-state index >= 15 is 0 Å². The number of benzene rings is 2. The summed E-state index contributed by atoms with van der Waals surface area (Å²) in [6.45, 7) is -0.939. The normalized spacial score (nSPS) is 11.2. The van der Waals surface area contributed by atoms with E-state index in [-0.39, 0.29) is 18.2 Å². The van der Waals surface area contributed by atoms with Crippen molar-refractivity contribution in [2.45, 2.75) is 20.0 Å². The van der Waals surface area contributed by atoms with Crippen molar-refractivity contribution in [1.29, 1.82) is 0 Å². The summed E-state index contributed by atoms with van der Waals surface area (Å²) in [6.07, 6.45) is 0.557. The number of anilines is 1. The quantitative estimate of drug-likeness (QED) is 0.517. The molecule has 6 nitrogen and oxygen atoms in total. The average Bonchev–Trinajstić information content (AvgIpc) is 2.68. The molecule has 27 heavy (non-hydrogen) atoms. The van der Waals surface area contributed by atoms with E-state index < -0.39 is 6.61 Å². The number of hydrazone groups is 1. The minimum absolute atomic E-state index is 0.0496. The molecule has 2 rings (SSSR count). The number of nitrogens with zero attached hydrogens (tertiary/aromatic N) is 1. The van der Waals surface area contributed by atoms with E-state index in [1.54, 1.807) is 43.5 Å². The molecule has 0 fully saturated rings. The number of alkyl halides is 2. The highest BCUT2D eigenvalue weighted by atomic mass is 19.3. The maximum absolute atomic E-state index is 12.2. The maximum Gasteiger partial charge on any atom is 0.387 e. The number of amides is 1. The van der Waals surface area contributed by atoms with Crippen LogP contribution in [0.25, 0.3) is 0 Å². The topological polar surface area (TPSA) is 72.0 Å². The van der Waals surface area contributed by atoms with Crippen LogP contribution in [-0.4, -0.2) is 31.9 Å². The second-order valence-corrected chi connectivity index (χ2v) is 5.43. The van der Waals surface area contributed by atoms with Crippen LogP contribution >= 0.6 is 0 Å². The number of ether oxygens (including phenoxy) is 2. The van der Waals surface area contributed by atoms with Gasteiger partial charge in [-0.25, -0.2) is 5.43 Å². The highest BCUT2D eigenvalue weighted by Gasteiger charge is 2.07. The summed E-state index contributed by atoms with van der Waals surface area (Å²) in [5.41, 5.74) is 4.59. The molecule has 0 aliphatic rings. The molecule has 0 atom stereocenters. The number of hydrogen-bond donors (Lipinski definition) is 2. The van der Waals surface area contributed by atoms with Crippen molar-refractivity contribution in [2.75, 3.05) is 19.0 Å². The summed E-state index contributed by atoms with van der Waals surface area (Å²) < 4.78 is 33.7. The molecule has 0 heterocycles. The van der Waals surface area contributed by atoms with Gasteiger partial charge in [-0.1, -0.05) is 6.92 Å². The largest absolute Gasteiger partial charge is 0.497 e. The minimum Gasteiger partial charge on any atom is -0.497 e. The van der Waals surface area contributed by atoms with Crippen molar-refractivity contribution < 1.29 is 23.0 Å². The molecule has 144 valence electrons. The molecular weight excluding hydrogens is 356 g/mol. The molecule has 0 radical (unpaired) electrons. The lowest BCUT2D eigenvalue weighted by Crippen LogP contribution is -2.27. The zero-order chi connectivity index (χ0) is 19.6. The summed E-state index contributed by atoms with van der Waals surface area (Å²) >= 11 is 0. The van der Waals surface area contributed by atoms with Gasteiger partial charge in [0.2, 0.25) is 0 Å². The highest BCUT2D eigenvalue weighted by molar-refractivity contribution is 6.01. The SMILES string of the molecule is CC/C(=N/NC(=O)CNc1ccc(OC)cc1)c1ccc(OC(F)F)cc1. The van der Waals surface area contributed by atoms with Gasteiger partial charge in [-0.05, 0) is 60.5 Å². The predicted octanol–water partition coefficient (Wildman–Crippen LogP) is 3.64. The molecule has 0 aliphatic heterocycles. The van der Waals surface area contributed by atoms with Crippen LogP contribution in [-0.2, 0) is 4.79 Å².